The topological polar surface area (TPSA) is 72.3 Å². The van der Waals surface area contributed by atoms with E-state index in [-0.39, 0.29) is 5.91 Å². The van der Waals surface area contributed by atoms with E-state index >= 15 is 0 Å². The van der Waals surface area contributed by atoms with Crippen molar-refractivity contribution in [2.75, 3.05) is 43.5 Å². The van der Waals surface area contributed by atoms with E-state index in [4.69, 9.17) is 4.74 Å². The zero-order valence-electron chi connectivity index (χ0n) is 17.7. The average Bonchev–Trinajstić information content (AvgIpc) is 3.23. The molecule has 0 atom stereocenters. The van der Waals surface area contributed by atoms with E-state index in [1.54, 1.807) is 0 Å². The fourth-order valence-corrected chi connectivity index (χ4v) is 4.19. The van der Waals surface area contributed by atoms with Crippen molar-refractivity contribution in [3.63, 3.8) is 0 Å². The number of ether oxygens (including phenoxy) is 1. The molecule has 1 aromatic heterocycles. The van der Waals surface area contributed by atoms with Crippen LogP contribution in [0.3, 0.4) is 0 Å². The van der Waals surface area contributed by atoms with Crippen molar-refractivity contribution in [3.8, 4) is 5.69 Å². The van der Waals surface area contributed by atoms with Gasteiger partial charge in [0.1, 0.15) is 0 Å². The number of hydrogen-bond acceptors (Lipinski definition) is 6. The van der Waals surface area contributed by atoms with Crippen LogP contribution in [0.25, 0.3) is 5.69 Å². The van der Waals surface area contributed by atoms with Gasteiger partial charge in [-0.3, -0.25) is 9.36 Å². The molecule has 0 aliphatic carbocycles. The lowest BCUT2D eigenvalue weighted by Gasteiger charge is -2.27. The minimum atomic E-state index is -0.00712. The number of aryl methyl sites for hydroxylation is 1. The number of aromatic nitrogens is 3. The molecule has 3 aromatic rings. The van der Waals surface area contributed by atoms with Crippen molar-refractivity contribution in [2.24, 2.45) is 0 Å². The van der Waals surface area contributed by atoms with Crippen molar-refractivity contribution < 1.29 is 9.53 Å². The maximum absolute atomic E-state index is 12.4. The molecular weight excluding hydrogens is 410 g/mol. The van der Waals surface area contributed by atoms with Crippen LogP contribution in [0.15, 0.2) is 59.8 Å². The first-order valence-corrected chi connectivity index (χ1v) is 11.5. The quantitative estimate of drug-likeness (QED) is 0.547. The summed E-state index contributed by atoms with van der Waals surface area (Å²) in [5.41, 5.74) is 3.39. The van der Waals surface area contributed by atoms with Crippen LogP contribution < -0.4 is 10.2 Å². The van der Waals surface area contributed by atoms with E-state index < -0.39 is 0 Å². The number of carbonyl (C=O) groups is 1. The first-order chi connectivity index (χ1) is 15.2. The van der Waals surface area contributed by atoms with Gasteiger partial charge in [0.25, 0.3) is 0 Å². The average molecular weight is 438 g/mol. The minimum Gasteiger partial charge on any atom is -0.378 e. The second kappa shape index (κ2) is 10.5. The summed E-state index contributed by atoms with van der Waals surface area (Å²) in [5.74, 6) is 1.08. The summed E-state index contributed by atoms with van der Waals surface area (Å²) in [6, 6.07) is 18.4. The summed E-state index contributed by atoms with van der Waals surface area (Å²) >= 11 is 1.40. The van der Waals surface area contributed by atoms with Gasteiger partial charge in [0, 0.05) is 19.6 Å². The fraction of sp³-hybridized carbons (Fsp3) is 0.348. The Bertz CT molecular complexity index is 985. The number of anilines is 1. The van der Waals surface area contributed by atoms with Crippen LogP contribution in [0.1, 0.15) is 11.1 Å². The van der Waals surface area contributed by atoms with Crippen LogP contribution in [0, 0.1) is 6.92 Å². The highest BCUT2D eigenvalue weighted by Gasteiger charge is 2.22. The third-order valence-corrected chi connectivity index (χ3v) is 6.04. The Morgan fingerprint density at radius 3 is 2.55 bits per heavy atom. The molecule has 0 spiro atoms. The molecule has 8 heteroatoms. The van der Waals surface area contributed by atoms with E-state index in [2.05, 4.69) is 63.7 Å². The molecule has 0 saturated carbocycles. The van der Waals surface area contributed by atoms with E-state index in [0.29, 0.717) is 30.7 Å². The van der Waals surface area contributed by atoms with E-state index in [1.165, 1.54) is 22.9 Å². The molecule has 0 radical (unpaired) electrons. The summed E-state index contributed by atoms with van der Waals surface area (Å²) in [7, 11) is 0. The zero-order chi connectivity index (χ0) is 21.5. The maximum Gasteiger partial charge on any atom is 0.232 e. The fourth-order valence-electron chi connectivity index (χ4n) is 3.42. The van der Waals surface area contributed by atoms with Gasteiger partial charge in [0.05, 0.1) is 24.7 Å². The molecule has 31 heavy (non-hydrogen) atoms. The maximum atomic E-state index is 12.4. The van der Waals surface area contributed by atoms with Crippen molar-refractivity contribution in [1.29, 1.82) is 0 Å². The molecule has 1 aliphatic rings. The predicted molar refractivity (Wildman–Crippen MR) is 123 cm³/mol. The van der Waals surface area contributed by atoms with Gasteiger partial charge in [0.2, 0.25) is 11.9 Å². The first kappa shape index (κ1) is 21.4. The van der Waals surface area contributed by atoms with Crippen molar-refractivity contribution in [2.45, 2.75) is 18.5 Å². The second-order valence-corrected chi connectivity index (χ2v) is 8.37. The van der Waals surface area contributed by atoms with Crippen LogP contribution in [0.4, 0.5) is 5.95 Å². The molecule has 1 amide bonds. The summed E-state index contributed by atoms with van der Waals surface area (Å²) in [5, 5.41) is 12.6. The molecule has 1 fully saturated rings. The van der Waals surface area contributed by atoms with Crippen LogP contribution >= 0.6 is 11.8 Å². The molecule has 2 heterocycles. The smallest absolute Gasteiger partial charge is 0.232 e. The largest absolute Gasteiger partial charge is 0.378 e. The Labute approximate surface area is 186 Å². The van der Waals surface area contributed by atoms with Crippen LogP contribution in [-0.2, 0) is 16.0 Å². The Balaban J connectivity index is 1.42. The normalized spacial score (nSPS) is 13.9. The number of benzene rings is 2. The number of amides is 1. The van der Waals surface area contributed by atoms with Gasteiger partial charge in [-0.15, -0.1) is 10.2 Å². The molecule has 162 valence electrons. The highest BCUT2D eigenvalue weighted by molar-refractivity contribution is 7.99. The first-order valence-electron chi connectivity index (χ1n) is 10.5. The van der Waals surface area contributed by atoms with Crippen LogP contribution in [0.5, 0.6) is 0 Å². The van der Waals surface area contributed by atoms with Gasteiger partial charge in [-0.1, -0.05) is 59.8 Å². The van der Waals surface area contributed by atoms with Gasteiger partial charge >= 0.3 is 0 Å². The monoisotopic (exact) mass is 437 g/mol. The third-order valence-electron chi connectivity index (χ3n) is 5.11. The van der Waals surface area contributed by atoms with E-state index in [1.807, 2.05) is 22.8 Å². The number of thioether (sulfide) groups is 1. The summed E-state index contributed by atoms with van der Waals surface area (Å²) < 4.78 is 7.51. The minimum absolute atomic E-state index is 0.00712. The Morgan fingerprint density at radius 1 is 1.06 bits per heavy atom. The standard InChI is InChI=1S/C23H27N5O2S/c1-18-7-9-20(10-8-18)28-22(27-13-15-30-16-14-27)25-26-23(28)31-17-21(29)24-12-11-19-5-3-2-4-6-19/h2-10H,11-17H2,1H3,(H,24,29). The molecule has 1 saturated heterocycles. The van der Waals surface area contributed by atoms with Crippen LogP contribution in [-0.4, -0.2) is 59.3 Å². The number of hydrogen-bond donors (Lipinski definition) is 1. The Morgan fingerprint density at radius 2 is 1.81 bits per heavy atom. The van der Waals surface area contributed by atoms with Crippen LogP contribution in [0.2, 0.25) is 0 Å². The molecule has 1 aliphatic heterocycles. The van der Waals surface area contributed by atoms with Crippen molar-refractivity contribution >= 4 is 23.6 Å². The van der Waals surface area contributed by atoms with Crippen molar-refractivity contribution in [1.82, 2.24) is 20.1 Å². The van der Waals surface area contributed by atoms with Gasteiger partial charge in [-0.2, -0.15) is 0 Å². The molecule has 0 unspecified atom stereocenters. The lowest BCUT2D eigenvalue weighted by molar-refractivity contribution is -0.118. The van der Waals surface area contributed by atoms with Gasteiger partial charge in [-0.05, 0) is 31.0 Å². The number of nitrogens with zero attached hydrogens (tertiary/aromatic N) is 4. The van der Waals surface area contributed by atoms with Gasteiger partial charge in [0.15, 0.2) is 5.16 Å². The highest BCUT2D eigenvalue weighted by atomic mass is 32.2. The Hall–Kier alpha value is -2.84. The van der Waals surface area contributed by atoms with Gasteiger partial charge in [-0.25, -0.2) is 0 Å². The number of morpholine rings is 1. The highest BCUT2D eigenvalue weighted by Crippen LogP contribution is 2.27. The number of nitrogens with one attached hydrogen (secondary N) is 1. The Kier molecular flexibility index (Phi) is 7.22. The summed E-state index contributed by atoms with van der Waals surface area (Å²) in [4.78, 5) is 14.6. The molecule has 4 rings (SSSR count). The second-order valence-electron chi connectivity index (χ2n) is 7.43. The summed E-state index contributed by atoms with van der Waals surface area (Å²) in [6.07, 6.45) is 0.817. The zero-order valence-corrected chi connectivity index (χ0v) is 18.5. The molecule has 2 aromatic carbocycles. The van der Waals surface area contributed by atoms with Gasteiger partial charge < -0.3 is 15.0 Å². The van der Waals surface area contributed by atoms with E-state index in [9.17, 15) is 4.79 Å². The summed E-state index contributed by atoms with van der Waals surface area (Å²) in [6.45, 7) is 5.57. The molecule has 0 bridgehead atoms. The van der Waals surface area contributed by atoms with E-state index in [0.717, 1.165) is 31.1 Å². The molecule has 1 N–H and O–H groups in total. The SMILES string of the molecule is Cc1ccc(-n2c(SCC(=O)NCCc3ccccc3)nnc2N2CCOCC2)cc1. The van der Waals surface area contributed by atoms with Crippen molar-refractivity contribution in [3.05, 3.63) is 65.7 Å². The predicted octanol–water partition coefficient (Wildman–Crippen LogP) is 2.86. The number of rotatable bonds is 8. The molecule has 7 nitrogen and oxygen atoms in total. The lowest BCUT2D eigenvalue weighted by Crippen LogP contribution is -2.37. The molecular formula is C23H27N5O2S. The third kappa shape index (κ3) is 5.65. The lowest BCUT2D eigenvalue weighted by atomic mass is 10.1. The number of carbonyl (C=O) groups excluding carboxylic acids is 1.